The molecule has 1 atom stereocenters. The lowest BCUT2D eigenvalue weighted by molar-refractivity contribution is -0.115. The largest absolute Gasteiger partial charge is 0.325 e. The van der Waals surface area contributed by atoms with E-state index in [0.717, 1.165) is 4.90 Å². The molecule has 0 heterocycles. The number of carbonyl (C=O) groups excluding carboxylic acids is 2. The van der Waals surface area contributed by atoms with E-state index in [0.29, 0.717) is 17.8 Å². The zero-order chi connectivity index (χ0) is 22.4. The highest BCUT2D eigenvalue weighted by atomic mass is 35.5. The van der Waals surface area contributed by atoms with E-state index in [4.69, 9.17) is 11.6 Å². The number of thioether (sulfide) groups is 1. The summed E-state index contributed by atoms with van der Waals surface area (Å²) < 4.78 is 27.1. The smallest absolute Gasteiger partial charge is 0.258 e. The standard InChI is InChI=1S/C23H19ClF2N2O2S/c1-2-21(23(30)28-15-10-11-20(26)18(24)13-15)31-16-7-5-6-14(12-16)27-22(29)17-8-3-4-9-19(17)25/h3-13,21H,2H2,1H3,(H,27,29)(H,28,30). The Labute approximate surface area is 188 Å². The van der Waals surface area contributed by atoms with Crippen molar-refractivity contribution < 1.29 is 18.4 Å². The topological polar surface area (TPSA) is 58.2 Å². The van der Waals surface area contributed by atoms with Gasteiger partial charge >= 0.3 is 0 Å². The summed E-state index contributed by atoms with van der Waals surface area (Å²) in [5, 5.41) is 4.90. The zero-order valence-electron chi connectivity index (χ0n) is 16.5. The van der Waals surface area contributed by atoms with E-state index >= 15 is 0 Å². The van der Waals surface area contributed by atoms with Crippen molar-refractivity contribution >= 4 is 46.6 Å². The molecule has 160 valence electrons. The number of rotatable bonds is 7. The van der Waals surface area contributed by atoms with E-state index in [-0.39, 0.29) is 16.5 Å². The van der Waals surface area contributed by atoms with Gasteiger partial charge in [0.25, 0.3) is 5.91 Å². The van der Waals surface area contributed by atoms with Gasteiger partial charge in [0.2, 0.25) is 5.91 Å². The monoisotopic (exact) mass is 460 g/mol. The minimum Gasteiger partial charge on any atom is -0.325 e. The van der Waals surface area contributed by atoms with Crippen molar-refractivity contribution in [3.63, 3.8) is 0 Å². The first-order valence-corrected chi connectivity index (χ1v) is 10.7. The number of amides is 2. The van der Waals surface area contributed by atoms with E-state index in [1.165, 1.54) is 48.2 Å². The van der Waals surface area contributed by atoms with Gasteiger partial charge in [0, 0.05) is 16.3 Å². The van der Waals surface area contributed by atoms with E-state index in [1.54, 1.807) is 24.3 Å². The highest BCUT2D eigenvalue weighted by Gasteiger charge is 2.19. The predicted octanol–water partition coefficient (Wildman–Crippen LogP) is 6.38. The Kier molecular flexibility index (Phi) is 7.65. The minimum atomic E-state index is -0.603. The van der Waals surface area contributed by atoms with E-state index in [2.05, 4.69) is 10.6 Å². The molecule has 0 aliphatic carbocycles. The Balaban J connectivity index is 1.68. The number of hydrogen-bond acceptors (Lipinski definition) is 3. The van der Waals surface area contributed by atoms with Crippen LogP contribution in [0.15, 0.2) is 71.6 Å². The predicted molar refractivity (Wildman–Crippen MR) is 121 cm³/mol. The molecule has 3 aromatic rings. The molecule has 0 saturated carbocycles. The summed E-state index contributed by atoms with van der Waals surface area (Å²) in [6.07, 6.45) is 0.539. The van der Waals surface area contributed by atoms with Gasteiger partial charge in [-0.15, -0.1) is 11.8 Å². The van der Waals surface area contributed by atoms with E-state index in [9.17, 15) is 18.4 Å². The lowest BCUT2D eigenvalue weighted by atomic mass is 10.2. The van der Waals surface area contributed by atoms with Crippen molar-refractivity contribution in [2.45, 2.75) is 23.5 Å². The average Bonchev–Trinajstić information content (AvgIpc) is 2.75. The van der Waals surface area contributed by atoms with Crippen LogP contribution in [0.1, 0.15) is 23.7 Å². The number of anilines is 2. The van der Waals surface area contributed by atoms with Crippen molar-refractivity contribution in [2.75, 3.05) is 10.6 Å². The van der Waals surface area contributed by atoms with Gasteiger partial charge in [-0.1, -0.05) is 36.7 Å². The van der Waals surface area contributed by atoms with Gasteiger partial charge in [0.05, 0.1) is 15.8 Å². The molecule has 4 nitrogen and oxygen atoms in total. The second-order valence-corrected chi connectivity index (χ2v) is 8.28. The van der Waals surface area contributed by atoms with Crippen molar-refractivity contribution in [1.29, 1.82) is 0 Å². The fourth-order valence-corrected chi connectivity index (χ4v) is 3.97. The first-order chi connectivity index (χ1) is 14.9. The summed E-state index contributed by atoms with van der Waals surface area (Å²) in [6.45, 7) is 1.87. The Morgan fingerprint density at radius 3 is 2.39 bits per heavy atom. The van der Waals surface area contributed by atoms with E-state index < -0.39 is 22.8 Å². The molecule has 1 unspecified atom stereocenters. The molecule has 2 N–H and O–H groups in total. The van der Waals surface area contributed by atoms with Crippen molar-refractivity contribution in [3.8, 4) is 0 Å². The van der Waals surface area contributed by atoms with E-state index in [1.807, 2.05) is 13.0 Å². The zero-order valence-corrected chi connectivity index (χ0v) is 18.1. The summed E-state index contributed by atoms with van der Waals surface area (Å²) in [4.78, 5) is 25.7. The second kappa shape index (κ2) is 10.4. The van der Waals surface area contributed by atoms with Crippen LogP contribution < -0.4 is 10.6 Å². The quantitative estimate of drug-likeness (QED) is 0.402. The molecule has 3 rings (SSSR count). The van der Waals surface area contributed by atoms with Gasteiger partial charge in [-0.2, -0.15) is 0 Å². The molecule has 8 heteroatoms. The Morgan fingerprint density at radius 1 is 0.935 bits per heavy atom. The number of nitrogens with one attached hydrogen (secondary N) is 2. The molecular weight excluding hydrogens is 442 g/mol. The molecule has 0 bridgehead atoms. The van der Waals surface area contributed by atoms with Crippen LogP contribution in [0, 0.1) is 11.6 Å². The van der Waals surface area contributed by atoms with Crippen LogP contribution in [0.3, 0.4) is 0 Å². The maximum atomic E-state index is 13.8. The fraction of sp³-hybridized carbons (Fsp3) is 0.130. The molecule has 2 amide bonds. The summed E-state index contributed by atoms with van der Waals surface area (Å²) in [5.74, 6) is -1.97. The summed E-state index contributed by atoms with van der Waals surface area (Å²) in [6, 6.07) is 16.7. The highest BCUT2D eigenvalue weighted by molar-refractivity contribution is 8.00. The third kappa shape index (κ3) is 6.06. The van der Waals surface area contributed by atoms with Crippen molar-refractivity contribution in [3.05, 3.63) is 89.0 Å². The summed E-state index contributed by atoms with van der Waals surface area (Å²) >= 11 is 7.08. The lowest BCUT2D eigenvalue weighted by Gasteiger charge is -2.16. The van der Waals surface area contributed by atoms with Gasteiger partial charge in [0.15, 0.2) is 0 Å². The van der Waals surface area contributed by atoms with Crippen molar-refractivity contribution in [1.82, 2.24) is 0 Å². The molecule has 31 heavy (non-hydrogen) atoms. The SMILES string of the molecule is CCC(Sc1cccc(NC(=O)c2ccccc2F)c1)C(=O)Nc1ccc(F)c(Cl)c1. The lowest BCUT2D eigenvalue weighted by Crippen LogP contribution is -2.24. The first-order valence-electron chi connectivity index (χ1n) is 9.46. The minimum absolute atomic E-state index is 0.0515. The molecule has 0 spiro atoms. The molecule has 0 fully saturated rings. The molecular formula is C23H19ClF2N2O2S. The van der Waals surface area contributed by atoms with Crippen LogP contribution in [-0.2, 0) is 4.79 Å². The maximum Gasteiger partial charge on any atom is 0.258 e. The van der Waals surface area contributed by atoms with Crippen LogP contribution in [0.2, 0.25) is 5.02 Å². The summed E-state index contributed by atoms with van der Waals surface area (Å²) in [5.41, 5.74) is 0.838. The third-order valence-corrected chi connectivity index (χ3v) is 5.99. The van der Waals surface area contributed by atoms with Crippen LogP contribution in [-0.4, -0.2) is 17.1 Å². The maximum absolute atomic E-state index is 13.8. The molecule has 0 saturated heterocycles. The molecule has 0 aromatic heterocycles. The molecule has 0 aliphatic heterocycles. The Hall–Kier alpha value is -2.90. The Bertz CT molecular complexity index is 1110. The Morgan fingerprint density at radius 2 is 1.68 bits per heavy atom. The number of benzene rings is 3. The highest BCUT2D eigenvalue weighted by Crippen LogP contribution is 2.29. The second-order valence-electron chi connectivity index (χ2n) is 6.59. The first kappa shape index (κ1) is 22.8. The average molecular weight is 461 g/mol. The fourth-order valence-electron chi connectivity index (χ4n) is 2.77. The van der Waals surface area contributed by atoms with Gasteiger partial charge in [-0.25, -0.2) is 8.78 Å². The third-order valence-electron chi connectivity index (χ3n) is 4.34. The van der Waals surface area contributed by atoms with Crippen molar-refractivity contribution in [2.24, 2.45) is 0 Å². The molecule has 0 aliphatic rings. The van der Waals surface area contributed by atoms with Gasteiger partial charge in [0.1, 0.15) is 11.6 Å². The number of carbonyl (C=O) groups is 2. The van der Waals surface area contributed by atoms with Crippen LogP contribution >= 0.6 is 23.4 Å². The number of hydrogen-bond donors (Lipinski definition) is 2. The molecule has 3 aromatic carbocycles. The summed E-state index contributed by atoms with van der Waals surface area (Å²) in [7, 11) is 0. The normalized spacial score (nSPS) is 11.6. The van der Waals surface area contributed by atoms with Crippen LogP contribution in [0.5, 0.6) is 0 Å². The van der Waals surface area contributed by atoms with Crippen LogP contribution in [0.25, 0.3) is 0 Å². The van der Waals surface area contributed by atoms with Gasteiger partial charge in [-0.3, -0.25) is 9.59 Å². The van der Waals surface area contributed by atoms with Crippen LogP contribution in [0.4, 0.5) is 20.2 Å². The molecule has 0 radical (unpaired) electrons. The van der Waals surface area contributed by atoms with Gasteiger partial charge in [-0.05, 0) is 55.0 Å². The van der Waals surface area contributed by atoms with Gasteiger partial charge < -0.3 is 10.6 Å². The number of halogens is 3.